The molecule has 1 aromatic carbocycles. The first-order chi connectivity index (χ1) is 9.61. The van der Waals surface area contributed by atoms with Gasteiger partial charge in [0.05, 0.1) is 6.61 Å². The normalized spacial score (nSPS) is 10.8. The highest BCUT2D eigenvalue weighted by Crippen LogP contribution is 2.19. The predicted octanol–water partition coefficient (Wildman–Crippen LogP) is 3.59. The molecule has 0 aliphatic heterocycles. The van der Waals surface area contributed by atoms with Crippen LogP contribution in [0, 0.1) is 18.6 Å². The smallest absolute Gasteiger partial charge is 0.195 e. The van der Waals surface area contributed by atoms with E-state index in [0.29, 0.717) is 11.4 Å². The lowest BCUT2D eigenvalue weighted by atomic mass is 10.1. The third kappa shape index (κ3) is 3.48. The Morgan fingerprint density at radius 3 is 2.90 bits per heavy atom. The van der Waals surface area contributed by atoms with E-state index in [2.05, 4.69) is 49.2 Å². The second-order valence-electron chi connectivity index (χ2n) is 4.91. The molecule has 1 aromatic heterocycles. The van der Waals surface area contributed by atoms with E-state index in [1.54, 1.807) is 0 Å². The van der Waals surface area contributed by atoms with E-state index in [9.17, 15) is 0 Å². The molecule has 0 radical (unpaired) electrons. The molecule has 0 aliphatic carbocycles. The number of aryl methyl sites for hydroxylation is 3. The molecule has 0 fully saturated rings. The fourth-order valence-corrected chi connectivity index (χ4v) is 2.42. The Balaban J connectivity index is 1.87. The second kappa shape index (κ2) is 6.70. The Kier molecular flexibility index (Phi) is 4.95. The van der Waals surface area contributed by atoms with Crippen molar-refractivity contribution >= 4 is 12.2 Å². The van der Waals surface area contributed by atoms with Crippen molar-refractivity contribution in [1.82, 2.24) is 14.8 Å². The molecule has 0 spiro atoms. The number of aromatic amines is 1. The van der Waals surface area contributed by atoms with Crippen LogP contribution in [0.15, 0.2) is 18.2 Å². The van der Waals surface area contributed by atoms with Crippen LogP contribution in [0.4, 0.5) is 0 Å². The monoisotopic (exact) mass is 291 g/mol. The van der Waals surface area contributed by atoms with Crippen LogP contribution >= 0.6 is 12.2 Å². The predicted molar refractivity (Wildman–Crippen MR) is 82.8 cm³/mol. The minimum atomic E-state index is 0.688. The van der Waals surface area contributed by atoms with Crippen LogP contribution in [0.25, 0.3) is 0 Å². The topological polar surface area (TPSA) is 42.8 Å². The molecule has 0 saturated carbocycles. The maximum atomic E-state index is 5.85. The summed E-state index contributed by atoms with van der Waals surface area (Å²) in [4.78, 5) is 0. The summed E-state index contributed by atoms with van der Waals surface area (Å²) in [6.07, 6.45) is 1.79. The molecule has 0 aliphatic rings. The minimum absolute atomic E-state index is 0.688. The zero-order valence-corrected chi connectivity index (χ0v) is 13.1. The number of hydrogen-bond acceptors (Lipinski definition) is 3. The Hall–Kier alpha value is -1.62. The van der Waals surface area contributed by atoms with Crippen LogP contribution in [0.1, 0.15) is 30.3 Å². The average molecular weight is 291 g/mol. The summed E-state index contributed by atoms with van der Waals surface area (Å²) in [7, 11) is 0. The molecule has 2 aromatic rings. The van der Waals surface area contributed by atoms with Crippen molar-refractivity contribution in [2.24, 2.45) is 0 Å². The number of aromatic nitrogens is 3. The molecule has 4 nitrogen and oxygen atoms in total. The molecule has 5 heteroatoms. The Morgan fingerprint density at radius 1 is 1.35 bits per heavy atom. The Bertz CT molecular complexity index is 630. The molecule has 0 amide bonds. The summed E-state index contributed by atoms with van der Waals surface area (Å²) < 4.78 is 8.56. The van der Waals surface area contributed by atoms with Gasteiger partial charge in [-0.05, 0) is 56.6 Å². The SMILES string of the molecule is CCn1c(CCCOc2cc(C)ccc2C)n[nH]c1=S. The number of hydrogen-bond donors (Lipinski definition) is 1. The van der Waals surface area contributed by atoms with Gasteiger partial charge in [-0.2, -0.15) is 5.10 Å². The van der Waals surface area contributed by atoms with Crippen molar-refractivity contribution in [3.8, 4) is 5.75 Å². The van der Waals surface area contributed by atoms with E-state index in [1.807, 2.05) is 4.57 Å². The summed E-state index contributed by atoms with van der Waals surface area (Å²) in [5.41, 5.74) is 2.39. The first kappa shape index (κ1) is 14.8. The van der Waals surface area contributed by atoms with Gasteiger partial charge < -0.3 is 9.30 Å². The van der Waals surface area contributed by atoms with Gasteiger partial charge in [0, 0.05) is 13.0 Å². The fraction of sp³-hybridized carbons (Fsp3) is 0.467. The Labute approximate surface area is 124 Å². The molecule has 108 valence electrons. The summed E-state index contributed by atoms with van der Waals surface area (Å²) in [5, 5.41) is 7.09. The van der Waals surface area contributed by atoms with E-state index >= 15 is 0 Å². The average Bonchev–Trinajstić information content (AvgIpc) is 2.79. The first-order valence-electron chi connectivity index (χ1n) is 6.96. The van der Waals surface area contributed by atoms with Crippen molar-refractivity contribution in [3.63, 3.8) is 0 Å². The number of benzene rings is 1. The molecule has 2 rings (SSSR count). The Morgan fingerprint density at radius 2 is 2.15 bits per heavy atom. The highest BCUT2D eigenvalue weighted by Gasteiger charge is 2.05. The second-order valence-corrected chi connectivity index (χ2v) is 5.30. The van der Waals surface area contributed by atoms with Crippen molar-refractivity contribution in [3.05, 3.63) is 39.9 Å². The van der Waals surface area contributed by atoms with Crippen molar-refractivity contribution < 1.29 is 4.74 Å². The maximum absolute atomic E-state index is 5.85. The standard InChI is InChI=1S/C15H21N3OS/c1-4-18-14(16-17-15(18)20)6-5-9-19-13-10-11(2)7-8-12(13)3/h7-8,10H,4-6,9H2,1-3H3,(H,17,20). The van der Waals surface area contributed by atoms with Gasteiger partial charge in [0.1, 0.15) is 11.6 Å². The summed E-state index contributed by atoms with van der Waals surface area (Å²) in [6.45, 7) is 7.75. The third-order valence-corrected chi connectivity index (χ3v) is 3.61. The third-order valence-electron chi connectivity index (χ3n) is 3.30. The lowest BCUT2D eigenvalue weighted by Gasteiger charge is -2.10. The van der Waals surface area contributed by atoms with E-state index < -0.39 is 0 Å². The number of H-pyrrole nitrogens is 1. The molecule has 0 unspecified atom stereocenters. The minimum Gasteiger partial charge on any atom is -0.493 e. The van der Waals surface area contributed by atoms with Crippen LogP contribution in [0.3, 0.4) is 0 Å². The number of nitrogens with zero attached hydrogens (tertiary/aromatic N) is 2. The van der Waals surface area contributed by atoms with Gasteiger partial charge in [0.2, 0.25) is 0 Å². The van der Waals surface area contributed by atoms with Gasteiger partial charge in [0.25, 0.3) is 0 Å². The number of rotatable bonds is 6. The first-order valence-corrected chi connectivity index (χ1v) is 7.36. The molecule has 0 atom stereocenters. The van der Waals surface area contributed by atoms with Crippen LogP contribution in [0.5, 0.6) is 5.75 Å². The lowest BCUT2D eigenvalue weighted by molar-refractivity contribution is 0.307. The number of nitrogens with one attached hydrogen (secondary N) is 1. The van der Waals surface area contributed by atoms with E-state index in [0.717, 1.165) is 31.0 Å². The molecular formula is C15H21N3OS. The van der Waals surface area contributed by atoms with Crippen LogP contribution in [-0.4, -0.2) is 21.4 Å². The molecule has 0 bridgehead atoms. The highest BCUT2D eigenvalue weighted by atomic mass is 32.1. The molecule has 0 saturated heterocycles. The summed E-state index contributed by atoms with van der Waals surface area (Å²) in [6, 6.07) is 6.27. The quantitative estimate of drug-likeness (QED) is 0.653. The molecule has 20 heavy (non-hydrogen) atoms. The van der Waals surface area contributed by atoms with E-state index in [-0.39, 0.29) is 0 Å². The zero-order chi connectivity index (χ0) is 14.5. The zero-order valence-electron chi connectivity index (χ0n) is 12.3. The van der Waals surface area contributed by atoms with Gasteiger partial charge in [0.15, 0.2) is 4.77 Å². The molecule has 1 N–H and O–H groups in total. The van der Waals surface area contributed by atoms with E-state index in [1.165, 1.54) is 11.1 Å². The summed E-state index contributed by atoms with van der Waals surface area (Å²) >= 11 is 5.17. The van der Waals surface area contributed by atoms with Gasteiger partial charge in [-0.25, -0.2) is 0 Å². The van der Waals surface area contributed by atoms with Crippen molar-refractivity contribution in [2.45, 2.75) is 40.2 Å². The van der Waals surface area contributed by atoms with Crippen molar-refractivity contribution in [1.29, 1.82) is 0 Å². The van der Waals surface area contributed by atoms with Gasteiger partial charge in [-0.3, -0.25) is 5.10 Å². The van der Waals surface area contributed by atoms with Crippen molar-refractivity contribution in [2.75, 3.05) is 6.61 Å². The van der Waals surface area contributed by atoms with Crippen LogP contribution in [-0.2, 0) is 13.0 Å². The lowest BCUT2D eigenvalue weighted by Crippen LogP contribution is -2.06. The van der Waals surface area contributed by atoms with Gasteiger partial charge in [-0.15, -0.1) is 0 Å². The highest BCUT2D eigenvalue weighted by molar-refractivity contribution is 7.71. The largest absolute Gasteiger partial charge is 0.493 e. The van der Waals surface area contributed by atoms with E-state index in [4.69, 9.17) is 17.0 Å². The van der Waals surface area contributed by atoms with Gasteiger partial charge >= 0.3 is 0 Å². The van der Waals surface area contributed by atoms with Crippen LogP contribution < -0.4 is 4.74 Å². The van der Waals surface area contributed by atoms with Gasteiger partial charge in [-0.1, -0.05) is 12.1 Å². The molecular weight excluding hydrogens is 270 g/mol. The maximum Gasteiger partial charge on any atom is 0.195 e. The van der Waals surface area contributed by atoms with Crippen LogP contribution in [0.2, 0.25) is 0 Å². The fourth-order valence-electron chi connectivity index (χ4n) is 2.14. The molecule has 1 heterocycles. The summed E-state index contributed by atoms with van der Waals surface area (Å²) in [5.74, 6) is 1.97. The number of ether oxygens (including phenoxy) is 1.